The SMILES string of the molecule is CCC1CC(O)C(COC(=O)CCC(C)C(=O)O)O1. The van der Waals surface area contributed by atoms with Crippen LogP contribution in [0, 0.1) is 5.92 Å². The molecule has 0 saturated carbocycles. The second kappa shape index (κ2) is 7.45. The zero-order valence-electron chi connectivity index (χ0n) is 11.4. The van der Waals surface area contributed by atoms with Crippen molar-refractivity contribution in [3.05, 3.63) is 0 Å². The van der Waals surface area contributed by atoms with E-state index in [1.807, 2.05) is 6.92 Å². The number of hydrogen-bond acceptors (Lipinski definition) is 5. The lowest BCUT2D eigenvalue weighted by molar-refractivity contribution is -0.150. The number of carboxylic acid groups (broad SMARTS) is 1. The number of esters is 1. The Bertz CT molecular complexity index is 316. The van der Waals surface area contributed by atoms with Crippen molar-refractivity contribution in [2.75, 3.05) is 6.61 Å². The molecule has 0 spiro atoms. The fourth-order valence-electron chi connectivity index (χ4n) is 1.93. The maximum absolute atomic E-state index is 11.4. The molecule has 1 aliphatic rings. The van der Waals surface area contributed by atoms with Crippen LogP contribution in [-0.4, -0.2) is 47.1 Å². The summed E-state index contributed by atoms with van der Waals surface area (Å²) in [6, 6.07) is 0. The highest BCUT2D eigenvalue weighted by Gasteiger charge is 2.33. The van der Waals surface area contributed by atoms with Crippen LogP contribution in [0.15, 0.2) is 0 Å². The molecule has 2 N–H and O–H groups in total. The van der Waals surface area contributed by atoms with Gasteiger partial charge in [0, 0.05) is 12.8 Å². The van der Waals surface area contributed by atoms with Gasteiger partial charge in [-0.05, 0) is 12.8 Å². The maximum atomic E-state index is 11.4. The third-order valence-corrected chi connectivity index (χ3v) is 3.37. The molecule has 4 atom stereocenters. The van der Waals surface area contributed by atoms with Crippen LogP contribution >= 0.6 is 0 Å². The highest BCUT2D eigenvalue weighted by atomic mass is 16.6. The molecule has 6 nitrogen and oxygen atoms in total. The Balaban J connectivity index is 2.22. The fourth-order valence-corrected chi connectivity index (χ4v) is 1.93. The van der Waals surface area contributed by atoms with Gasteiger partial charge < -0.3 is 19.7 Å². The smallest absolute Gasteiger partial charge is 0.306 e. The molecule has 0 aromatic heterocycles. The van der Waals surface area contributed by atoms with E-state index < -0.39 is 30.1 Å². The van der Waals surface area contributed by atoms with Gasteiger partial charge in [0.25, 0.3) is 0 Å². The van der Waals surface area contributed by atoms with Crippen molar-refractivity contribution in [1.82, 2.24) is 0 Å². The molecule has 4 unspecified atom stereocenters. The Kier molecular flexibility index (Phi) is 6.24. The highest BCUT2D eigenvalue weighted by Crippen LogP contribution is 2.22. The van der Waals surface area contributed by atoms with Crippen molar-refractivity contribution in [3.63, 3.8) is 0 Å². The van der Waals surface area contributed by atoms with Crippen LogP contribution in [0.1, 0.15) is 39.5 Å². The van der Waals surface area contributed by atoms with Crippen LogP contribution in [0.2, 0.25) is 0 Å². The summed E-state index contributed by atoms with van der Waals surface area (Å²) in [6.45, 7) is 3.54. The molecular weight excluding hydrogens is 252 g/mol. The van der Waals surface area contributed by atoms with E-state index in [-0.39, 0.29) is 25.6 Å². The van der Waals surface area contributed by atoms with Gasteiger partial charge in [-0.15, -0.1) is 0 Å². The second-order valence-corrected chi connectivity index (χ2v) is 4.97. The van der Waals surface area contributed by atoms with Crippen LogP contribution in [-0.2, 0) is 19.1 Å². The van der Waals surface area contributed by atoms with Crippen LogP contribution in [0.25, 0.3) is 0 Å². The lowest BCUT2D eigenvalue weighted by Crippen LogP contribution is -2.28. The topological polar surface area (TPSA) is 93.1 Å². The van der Waals surface area contributed by atoms with Crippen molar-refractivity contribution >= 4 is 11.9 Å². The standard InChI is InChI=1S/C13H22O6/c1-3-9-6-10(14)11(19-9)7-18-12(15)5-4-8(2)13(16)17/h8-11,14H,3-7H2,1-2H3,(H,16,17). The van der Waals surface area contributed by atoms with Crippen LogP contribution in [0.3, 0.4) is 0 Å². The largest absolute Gasteiger partial charge is 0.481 e. The number of aliphatic hydroxyl groups excluding tert-OH is 1. The molecule has 0 aromatic rings. The van der Waals surface area contributed by atoms with E-state index in [0.29, 0.717) is 6.42 Å². The number of carbonyl (C=O) groups is 2. The third kappa shape index (κ3) is 5.16. The second-order valence-electron chi connectivity index (χ2n) is 4.97. The average Bonchev–Trinajstić information content (AvgIpc) is 2.74. The Morgan fingerprint density at radius 1 is 1.47 bits per heavy atom. The number of ether oxygens (including phenoxy) is 2. The van der Waals surface area contributed by atoms with E-state index in [9.17, 15) is 14.7 Å². The molecule has 0 radical (unpaired) electrons. The average molecular weight is 274 g/mol. The number of carbonyl (C=O) groups excluding carboxylic acids is 1. The zero-order chi connectivity index (χ0) is 14.4. The summed E-state index contributed by atoms with van der Waals surface area (Å²) in [7, 11) is 0. The van der Waals surface area contributed by atoms with Gasteiger partial charge in [-0.25, -0.2) is 0 Å². The van der Waals surface area contributed by atoms with Gasteiger partial charge in [-0.2, -0.15) is 0 Å². The molecule has 110 valence electrons. The van der Waals surface area contributed by atoms with Gasteiger partial charge >= 0.3 is 11.9 Å². The van der Waals surface area contributed by atoms with E-state index in [2.05, 4.69) is 0 Å². The molecule has 1 rings (SSSR count). The lowest BCUT2D eigenvalue weighted by atomic mass is 10.1. The van der Waals surface area contributed by atoms with Crippen LogP contribution < -0.4 is 0 Å². The van der Waals surface area contributed by atoms with Crippen molar-refractivity contribution in [2.45, 2.75) is 57.8 Å². The first-order valence-electron chi connectivity index (χ1n) is 6.66. The Morgan fingerprint density at radius 3 is 2.68 bits per heavy atom. The minimum atomic E-state index is -0.923. The number of rotatable bonds is 7. The molecule has 0 amide bonds. The van der Waals surface area contributed by atoms with E-state index >= 15 is 0 Å². The Hall–Kier alpha value is -1.14. The minimum absolute atomic E-state index is 0.0192. The Morgan fingerprint density at radius 2 is 2.16 bits per heavy atom. The first kappa shape index (κ1) is 15.9. The number of carboxylic acids is 1. The van der Waals surface area contributed by atoms with Crippen LogP contribution in [0.5, 0.6) is 0 Å². The molecule has 1 heterocycles. The number of aliphatic hydroxyl groups is 1. The summed E-state index contributed by atoms with van der Waals surface area (Å²) in [5.74, 6) is -1.94. The predicted octanol–water partition coefficient (Wildman–Crippen LogP) is 0.959. The highest BCUT2D eigenvalue weighted by molar-refractivity contribution is 5.72. The first-order chi connectivity index (χ1) is 8.93. The molecule has 1 aliphatic heterocycles. The molecular formula is C13H22O6. The monoisotopic (exact) mass is 274 g/mol. The van der Waals surface area contributed by atoms with E-state index in [4.69, 9.17) is 14.6 Å². The van der Waals surface area contributed by atoms with Crippen molar-refractivity contribution in [2.24, 2.45) is 5.92 Å². The van der Waals surface area contributed by atoms with Gasteiger partial charge in [0.05, 0.1) is 18.1 Å². The summed E-state index contributed by atoms with van der Waals surface area (Å²) in [5, 5.41) is 18.4. The Labute approximate surface area is 112 Å². The molecule has 1 fully saturated rings. The van der Waals surface area contributed by atoms with Gasteiger partial charge in [0.1, 0.15) is 12.7 Å². The third-order valence-electron chi connectivity index (χ3n) is 3.37. The lowest BCUT2D eigenvalue weighted by Gasteiger charge is -2.15. The fraction of sp³-hybridized carbons (Fsp3) is 0.846. The van der Waals surface area contributed by atoms with E-state index in [1.165, 1.54) is 0 Å². The van der Waals surface area contributed by atoms with Gasteiger partial charge in [0.15, 0.2) is 0 Å². The summed E-state index contributed by atoms with van der Waals surface area (Å²) < 4.78 is 10.5. The molecule has 6 heteroatoms. The molecule has 0 bridgehead atoms. The van der Waals surface area contributed by atoms with Gasteiger partial charge in [0.2, 0.25) is 0 Å². The van der Waals surface area contributed by atoms with Gasteiger partial charge in [-0.3, -0.25) is 9.59 Å². The van der Waals surface area contributed by atoms with Crippen molar-refractivity contribution < 1.29 is 29.3 Å². The molecule has 1 saturated heterocycles. The zero-order valence-corrected chi connectivity index (χ0v) is 11.4. The summed E-state index contributed by atoms with van der Waals surface area (Å²) >= 11 is 0. The van der Waals surface area contributed by atoms with Crippen molar-refractivity contribution in [1.29, 1.82) is 0 Å². The predicted molar refractivity (Wildman–Crippen MR) is 66.6 cm³/mol. The maximum Gasteiger partial charge on any atom is 0.306 e. The number of aliphatic carboxylic acids is 1. The summed E-state index contributed by atoms with van der Waals surface area (Å²) in [5.41, 5.74) is 0. The summed E-state index contributed by atoms with van der Waals surface area (Å²) in [6.07, 6.45) is 0.645. The normalized spacial score (nSPS) is 28.1. The molecule has 19 heavy (non-hydrogen) atoms. The van der Waals surface area contributed by atoms with Crippen molar-refractivity contribution in [3.8, 4) is 0 Å². The number of hydrogen-bond donors (Lipinski definition) is 2. The quantitative estimate of drug-likeness (QED) is 0.672. The minimum Gasteiger partial charge on any atom is -0.481 e. The first-order valence-corrected chi connectivity index (χ1v) is 6.66. The van der Waals surface area contributed by atoms with Gasteiger partial charge in [-0.1, -0.05) is 13.8 Å². The molecule has 0 aliphatic carbocycles. The molecule has 0 aromatic carbocycles. The van der Waals surface area contributed by atoms with E-state index in [0.717, 1.165) is 6.42 Å². The van der Waals surface area contributed by atoms with E-state index in [1.54, 1.807) is 6.92 Å². The van der Waals surface area contributed by atoms with Crippen LogP contribution in [0.4, 0.5) is 0 Å². The summed E-state index contributed by atoms with van der Waals surface area (Å²) in [4.78, 5) is 22.0.